The van der Waals surface area contributed by atoms with Crippen molar-refractivity contribution in [2.45, 2.75) is 32.6 Å². The molecule has 1 heterocycles. The molecule has 0 aliphatic carbocycles. The van der Waals surface area contributed by atoms with Crippen LogP contribution in [0.3, 0.4) is 0 Å². The second-order valence-corrected chi connectivity index (χ2v) is 9.47. The highest BCUT2D eigenvalue weighted by Gasteiger charge is 2.28. The van der Waals surface area contributed by atoms with Gasteiger partial charge in [-0.1, -0.05) is 26.0 Å². The molecule has 5 nitrogen and oxygen atoms in total. The molecule has 1 atom stereocenters. The van der Waals surface area contributed by atoms with Crippen LogP contribution in [0.15, 0.2) is 29.3 Å². The maximum atomic E-state index is 13.5. The van der Waals surface area contributed by atoms with Gasteiger partial charge in [-0.25, -0.2) is 12.8 Å². The number of hydrogen-bond donors (Lipinski definition) is 2. The summed E-state index contributed by atoms with van der Waals surface area (Å²) in [5.74, 6) is 1.07. The highest BCUT2D eigenvalue weighted by molar-refractivity contribution is 7.91. The highest BCUT2D eigenvalue weighted by atomic mass is 32.2. The van der Waals surface area contributed by atoms with Gasteiger partial charge in [0, 0.05) is 18.5 Å². The van der Waals surface area contributed by atoms with Crippen LogP contribution in [0.1, 0.15) is 32.8 Å². The molecule has 0 aromatic heterocycles. The lowest BCUT2D eigenvalue weighted by atomic mass is 9.85. The number of rotatable bonds is 6. The number of nitrogens with zero attached hydrogens (tertiary/aromatic N) is 1. The van der Waals surface area contributed by atoms with Gasteiger partial charge < -0.3 is 10.6 Å². The zero-order valence-electron chi connectivity index (χ0n) is 15.2. The van der Waals surface area contributed by atoms with Crippen LogP contribution in [0.2, 0.25) is 0 Å². The molecule has 1 fully saturated rings. The first kappa shape index (κ1) is 19.7. The summed E-state index contributed by atoms with van der Waals surface area (Å²) in [4.78, 5) is 4.61. The van der Waals surface area contributed by atoms with Gasteiger partial charge in [0.1, 0.15) is 5.82 Å². The largest absolute Gasteiger partial charge is 0.357 e. The lowest BCUT2D eigenvalue weighted by Gasteiger charge is -2.24. The van der Waals surface area contributed by atoms with Crippen LogP contribution in [0.5, 0.6) is 0 Å². The summed E-state index contributed by atoms with van der Waals surface area (Å²) < 4.78 is 36.6. The number of benzene rings is 1. The van der Waals surface area contributed by atoms with Crippen molar-refractivity contribution in [2.75, 3.05) is 31.1 Å². The van der Waals surface area contributed by atoms with Crippen LogP contribution in [-0.2, 0) is 15.3 Å². The zero-order valence-corrected chi connectivity index (χ0v) is 16.0. The van der Waals surface area contributed by atoms with E-state index >= 15 is 0 Å². The minimum atomic E-state index is -2.87. The van der Waals surface area contributed by atoms with E-state index in [-0.39, 0.29) is 28.7 Å². The van der Waals surface area contributed by atoms with Crippen molar-refractivity contribution < 1.29 is 12.8 Å². The molecule has 1 aliphatic heterocycles. The fraction of sp³-hybridized carbons (Fsp3) is 0.611. The van der Waals surface area contributed by atoms with E-state index in [0.29, 0.717) is 25.5 Å². The standard InChI is InChI=1S/C18H28FN3O2S/c1-4-20-17(21-11-14-8-9-25(23,24)12-14)22-13-18(2,3)15-6-5-7-16(19)10-15/h5-7,10,14H,4,8-9,11-13H2,1-3H3,(H2,20,21,22). The van der Waals surface area contributed by atoms with Crippen molar-refractivity contribution in [3.63, 3.8) is 0 Å². The SMILES string of the molecule is CCNC(=NCC(C)(C)c1cccc(F)c1)NCC1CCS(=O)(=O)C1. The second-order valence-electron chi connectivity index (χ2n) is 7.24. The predicted molar refractivity (Wildman–Crippen MR) is 100 cm³/mol. The van der Waals surface area contributed by atoms with Crippen molar-refractivity contribution >= 4 is 15.8 Å². The van der Waals surface area contributed by atoms with Crippen molar-refractivity contribution in [3.05, 3.63) is 35.6 Å². The Balaban J connectivity index is 1.98. The molecule has 1 saturated heterocycles. The molecule has 0 bridgehead atoms. The van der Waals surface area contributed by atoms with Crippen molar-refractivity contribution in [2.24, 2.45) is 10.9 Å². The third-order valence-electron chi connectivity index (χ3n) is 4.47. The van der Waals surface area contributed by atoms with Crippen molar-refractivity contribution in [1.29, 1.82) is 0 Å². The van der Waals surface area contributed by atoms with E-state index in [9.17, 15) is 12.8 Å². The van der Waals surface area contributed by atoms with Crippen LogP contribution in [0.25, 0.3) is 0 Å². The minimum Gasteiger partial charge on any atom is -0.357 e. The maximum absolute atomic E-state index is 13.5. The molecule has 2 rings (SSSR count). The van der Waals surface area contributed by atoms with Crippen molar-refractivity contribution in [1.82, 2.24) is 10.6 Å². The molecular formula is C18H28FN3O2S. The van der Waals surface area contributed by atoms with E-state index in [1.54, 1.807) is 12.1 Å². The lowest BCUT2D eigenvalue weighted by Crippen LogP contribution is -2.41. The average molecular weight is 370 g/mol. The molecule has 1 aliphatic rings. The van der Waals surface area contributed by atoms with Gasteiger partial charge in [-0.3, -0.25) is 4.99 Å². The van der Waals surface area contributed by atoms with Crippen LogP contribution < -0.4 is 10.6 Å². The topological polar surface area (TPSA) is 70.6 Å². The van der Waals surface area contributed by atoms with Crippen LogP contribution in [-0.4, -0.2) is 45.5 Å². The van der Waals surface area contributed by atoms with E-state index in [1.807, 2.05) is 26.8 Å². The van der Waals surface area contributed by atoms with Crippen molar-refractivity contribution in [3.8, 4) is 0 Å². The molecule has 7 heteroatoms. The fourth-order valence-electron chi connectivity index (χ4n) is 2.89. The predicted octanol–water partition coefficient (Wildman–Crippen LogP) is 2.09. The van der Waals surface area contributed by atoms with E-state index < -0.39 is 9.84 Å². The molecule has 0 spiro atoms. The van der Waals surface area contributed by atoms with Gasteiger partial charge in [0.05, 0.1) is 18.1 Å². The number of hydrogen-bond acceptors (Lipinski definition) is 3. The van der Waals surface area contributed by atoms with E-state index in [4.69, 9.17) is 0 Å². The molecule has 25 heavy (non-hydrogen) atoms. The number of nitrogens with one attached hydrogen (secondary N) is 2. The molecule has 1 aromatic rings. The Morgan fingerprint density at radius 1 is 1.36 bits per heavy atom. The summed E-state index contributed by atoms with van der Waals surface area (Å²) in [6, 6.07) is 6.59. The van der Waals surface area contributed by atoms with E-state index in [1.165, 1.54) is 6.07 Å². The van der Waals surface area contributed by atoms with Crippen LogP contribution in [0.4, 0.5) is 4.39 Å². The summed E-state index contributed by atoms with van der Waals surface area (Å²) in [6.07, 6.45) is 0.698. The molecule has 2 N–H and O–H groups in total. The molecule has 1 aromatic carbocycles. The summed E-state index contributed by atoms with van der Waals surface area (Å²) in [5.41, 5.74) is 0.593. The average Bonchev–Trinajstić information content (AvgIpc) is 2.89. The number of halogens is 1. The summed E-state index contributed by atoms with van der Waals surface area (Å²) in [6.45, 7) is 7.83. The van der Waals surface area contributed by atoms with Gasteiger partial charge in [-0.2, -0.15) is 0 Å². The normalized spacial score (nSPS) is 20.5. The van der Waals surface area contributed by atoms with Gasteiger partial charge in [0.2, 0.25) is 0 Å². The second kappa shape index (κ2) is 8.17. The summed E-state index contributed by atoms with van der Waals surface area (Å²) >= 11 is 0. The van der Waals surface area contributed by atoms with Gasteiger partial charge in [-0.15, -0.1) is 0 Å². The lowest BCUT2D eigenvalue weighted by molar-refractivity contribution is 0.526. The molecule has 140 valence electrons. The fourth-order valence-corrected chi connectivity index (χ4v) is 4.76. The van der Waals surface area contributed by atoms with E-state index in [2.05, 4.69) is 15.6 Å². The zero-order chi connectivity index (χ0) is 18.5. The Morgan fingerprint density at radius 3 is 2.72 bits per heavy atom. The molecule has 0 amide bonds. The highest BCUT2D eigenvalue weighted by Crippen LogP contribution is 2.24. The third kappa shape index (κ3) is 5.99. The Labute approximate surface area is 150 Å². The van der Waals surface area contributed by atoms with Gasteiger partial charge in [0.25, 0.3) is 0 Å². The maximum Gasteiger partial charge on any atom is 0.191 e. The van der Waals surface area contributed by atoms with Gasteiger partial charge in [0.15, 0.2) is 15.8 Å². The molecular weight excluding hydrogens is 341 g/mol. The van der Waals surface area contributed by atoms with Gasteiger partial charge in [-0.05, 0) is 37.0 Å². The Morgan fingerprint density at radius 2 is 2.12 bits per heavy atom. The Kier molecular flexibility index (Phi) is 6.43. The van der Waals surface area contributed by atoms with E-state index in [0.717, 1.165) is 12.1 Å². The molecule has 0 radical (unpaired) electrons. The quantitative estimate of drug-likeness (QED) is 0.595. The number of aliphatic imine (C=N–C) groups is 1. The Bertz CT molecular complexity index is 717. The first-order chi connectivity index (χ1) is 11.7. The smallest absolute Gasteiger partial charge is 0.191 e. The summed E-state index contributed by atoms with van der Waals surface area (Å²) in [5, 5.41) is 6.41. The van der Waals surface area contributed by atoms with Gasteiger partial charge >= 0.3 is 0 Å². The monoisotopic (exact) mass is 369 g/mol. The summed E-state index contributed by atoms with van der Waals surface area (Å²) in [7, 11) is -2.87. The Hall–Kier alpha value is -1.63. The number of sulfone groups is 1. The molecule has 0 saturated carbocycles. The third-order valence-corrected chi connectivity index (χ3v) is 6.30. The molecule has 1 unspecified atom stereocenters. The first-order valence-corrected chi connectivity index (χ1v) is 10.5. The first-order valence-electron chi connectivity index (χ1n) is 8.70. The number of guanidine groups is 1. The minimum absolute atomic E-state index is 0.130. The van der Waals surface area contributed by atoms with Crippen LogP contribution in [0, 0.1) is 11.7 Å². The van der Waals surface area contributed by atoms with Crippen LogP contribution >= 0.6 is 0 Å².